The van der Waals surface area contributed by atoms with Gasteiger partial charge in [0.1, 0.15) is 5.75 Å². The Kier molecular flexibility index (Phi) is 7.80. The van der Waals surface area contributed by atoms with Gasteiger partial charge in [-0.3, -0.25) is 9.59 Å². The predicted molar refractivity (Wildman–Crippen MR) is 109 cm³/mol. The summed E-state index contributed by atoms with van der Waals surface area (Å²) in [6.07, 6.45) is 2.55. The minimum absolute atomic E-state index is 0.157. The molecule has 0 spiro atoms. The topological polar surface area (TPSA) is 90.4 Å². The van der Waals surface area contributed by atoms with Crippen molar-refractivity contribution in [2.75, 3.05) is 25.3 Å². The first-order chi connectivity index (χ1) is 13.3. The first-order valence-electron chi connectivity index (χ1n) is 8.82. The molecular weight excluding hydrogens is 378 g/mol. The Morgan fingerprint density at radius 3 is 2.43 bits per heavy atom. The fourth-order valence-electron chi connectivity index (χ4n) is 2.71. The van der Waals surface area contributed by atoms with E-state index in [1.165, 1.54) is 18.9 Å². The molecule has 1 amide bonds. The van der Waals surface area contributed by atoms with Crippen molar-refractivity contribution in [2.24, 2.45) is 0 Å². The number of aromatic nitrogens is 2. The molecule has 8 heteroatoms. The van der Waals surface area contributed by atoms with Gasteiger partial charge in [-0.2, -0.15) is 0 Å². The van der Waals surface area contributed by atoms with Gasteiger partial charge in [-0.05, 0) is 56.7 Å². The number of benzene rings is 1. The third kappa shape index (κ3) is 5.95. The van der Waals surface area contributed by atoms with Crippen molar-refractivity contribution in [1.82, 2.24) is 9.97 Å². The maximum Gasteiger partial charge on any atom is 0.306 e. The maximum atomic E-state index is 12.1. The predicted octanol–water partition coefficient (Wildman–Crippen LogP) is 3.25. The summed E-state index contributed by atoms with van der Waals surface area (Å²) in [7, 11) is 1.53. The van der Waals surface area contributed by atoms with Crippen LogP contribution in [0.4, 0.5) is 5.69 Å². The van der Waals surface area contributed by atoms with E-state index < -0.39 is 11.9 Å². The number of hydrogen-bond acceptors (Lipinski definition) is 7. The van der Waals surface area contributed by atoms with Crippen molar-refractivity contribution < 1.29 is 19.1 Å². The van der Waals surface area contributed by atoms with Crippen molar-refractivity contribution in [1.29, 1.82) is 0 Å². The number of hydrogen-bond donors (Lipinski definition) is 1. The summed E-state index contributed by atoms with van der Waals surface area (Å²) in [5.74, 6) is -0.318. The van der Waals surface area contributed by atoms with Crippen LogP contribution in [0.25, 0.3) is 0 Å². The van der Waals surface area contributed by atoms with Gasteiger partial charge in [-0.1, -0.05) is 17.8 Å². The average Bonchev–Trinajstić information content (AvgIpc) is 2.65. The molecule has 0 atom stereocenters. The fourth-order valence-corrected chi connectivity index (χ4v) is 3.17. The van der Waals surface area contributed by atoms with E-state index in [-0.39, 0.29) is 13.0 Å². The largest absolute Gasteiger partial charge is 0.495 e. The molecule has 0 aliphatic carbocycles. The molecule has 1 heterocycles. The standard InChI is InChI=1S/C20H25N3O4S/c1-12-6-8-17(26-4)16(10-12)23-18(24)11-27-19(25)9-7-15-13(2)21-20(28-5)22-14(15)3/h6,8,10H,7,9,11H2,1-5H3,(H,23,24). The van der Waals surface area contributed by atoms with Crippen LogP contribution in [0.5, 0.6) is 5.75 Å². The van der Waals surface area contributed by atoms with Crippen LogP contribution in [-0.2, 0) is 20.7 Å². The zero-order valence-corrected chi connectivity index (χ0v) is 17.6. The van der Waals surface area contributed by atoms with Crippen molar-refractivity contribution in [3.05, 3.63) is 40.7 Å². The molecule has 0 unspecified atom stereocenters. The lowest BCUT2D eigenvalue weighted by Gasteiger charge is -2.12. The Balaban J connectivity index is 1.86. The number of esters is 1. The van der Waals surface area contributed by atoms with Crippen molar-refractivity contribution >= 4 is 29.3 Å². The lowest BCUT2D eigenvalue weighted by Crippen LogP contribution is -2.21. The van der Waals surface area contributed by atoms with Crippen LogP contribution in [0.15, 0.2) is 23.4 Å². The quantitative estimate of drug-likeness (QED) is 0.411. The molecule has 1 N–H and O–H groups in total. The number of anilines is 1. The molecule has 1 aromatic carbocycles. The van der Waals surface area contributed by atoms with E-state index in [0.29, 0.717) is 23.0 Å². The van der Waals surface area contributed by atoms with Gasteiger partial charge >= 0.3 is 5.97 Å². The Hall–Kier alpha value is -2.61. The van der Waals surface area contributed by atoms with E-state index in [0.717, 1.165) is 22.5 Å². The van der Waals surface area contributed by atoms with Crippen LogP contribution in [0.3, 0.4) is 0 Å². The first kappa shape index (κ1) is 21.7. The Bertz CT molecular complexity index is 848. The number of thioether (sulfide) groups is 1. The van der Waals surface area contributed by atoms with E-state index >= 15 is 0 Å². The average molecular weight is 404 g/mol. The second-order valence-corrected chi connectivity index (χ2v) is 7.05. The monoisotopic (exact) mass is 403 g/mol. The molecule has 0 saturated carbocycles. The second-order valence-electron chi connectivity index (χ2n) is 6.27. The van der Waals surface area contributed by atoms with Gasteiger partial charge in [0.05, 0.1) is 12.8 Å². The summed E-state index contributed by atoms with van der Waals surface area (Å²) < 4.78 is 10.3. The third-order valence-corrected chi connectivity index (χ3v) is 4.70. The van der Waals surface area contributed by atoms with Gasteiger partial charge in [-0.15, -0.1) is 0 Å². The highest BCUT2D eigenvalue weighted by molar-refractivity contribution is 7.98. The van der Waals surface area contributed by atoms with E-state index in [2.05, 4.69) is 15.3 Å². The van der Waals surface area contributed by atoms with Gasteiger partial charge in [0.2, 0.25) is 0 Å². The molecule has 0 aliphatic heterocycles. The van der Waals surface area contributed by atoms with Crippen LogP contribution in [0.1, 0.15) is 28.9 Å². The Labute approximate surface area is 169 Å². The summed E-state index contributed by atoms with van der Waals surface area (Å²) in [5.41, 5.74) is 4.17. The van der Waals surface area contributed by atoms with Gasteiger partial charge < -0.3 is 14.8 Å². The number of nitrogens with zero attached hydrogens (tertiary/aromatic N) is 2. The normalized spacial score (nSPS) is 10.5. The van der Waals surface area contributed by atoms with Gasteiger partial charge in [0, 0.05) is 17.8 Å². The maximum absolute atomic E-state index is 12.1. The van der Waals surface area contributed by atoms with E-state index in [1.54, 1.807) is 12.1 Å². The summed E-state index contributed by atoms with van der Waals surface area (Å²) in [6, 6.07) is 5.45. The van der Waals surface area contributed by atoms with Crippen LogP contribution in [0.2, 0.25) is 0 Å². The van der Waals surface area contributed by atoms with E-state index in [4.69, 9.17) is 9.47 Å². The number of methoxy groups -OCH3 is 1. The molecule has 0 aliphatic rings. The van der Waals surface area contributed by atoms with Crippen LogP contribution < -0.4 is 10.1 Å². The number of carbonyl (C=O) groups excluding carboxylic acids is 2. The molecule has 150 valence electrons. The highest BCUT2D eigenvalue weighted by Crippen LogP contribution is 2.25. The van der Waals surface area contributed by atoms with Crippen molar-refractivity contribution in [3.8, 4) is 5.75 Å². The van der Waals surface area contributed by atoms with Gasteiger partial charge in [0.25, 0.3) is 5.91 Å². The fraction of sp³-hybridized carbons (Fsp3) is 0.400. The minimum atomic E-state index is -0.445. The SMILES string of the molecule is COc1ccc(C)cc1NC(=O)COC(=O)CCc1c(C)nc(SC)nc1C. The zero-order chi connectivity index (χ0) is 20.7. The molecule has 28 heavy (non-hydrogen) atoms. The number of ether oxygens (including phenoxy) is 2. The minimum Gasteiger partial charge on any atom is -0.495 e. The molecule has 7 nitrogen and oxygen atoms in total. The molecule has 0 saturated heterocycles. The van der Waals surface area contributed by atoms with Crippen LogP contribution in [0, 0.1) is 20.8 Å². The Morgan fingerprint density at radius 2 is 1.82 bits per heavy atom. The second kappa shape index (κ2) is 10.1. The van der Waals surface area contributed by atoms with Crippen molar-refractivity contribution in [2.45, 2.75) is 38.8 Å². The number of amides is 1. The number of nitrogens with one attached hydrogen (secondary N) is 1. The number of aryl methyl sites for hydroxylation is 3. The van der Waals surface area contributed by atoms with Gasteiger partial charge in [0.15, 0.2) is 11.8 Å². The molecule has 1 aromatic heterocycles. The summed E-state index contributed by atoms with van der Waals surface area (Å²) in [6.45, 7) is 5.36. The summed E-state index contributed by atoms with van der Waals surface area (Å²) in [4.78, 5) is 32.9. The van der Waals surface area contributed by atoms with E-state index in [1.807, 2.05) is 33.1 Å². The first-order valence-corrected chi connectivity index (χ1v) is 10.0. The molecule has 0 radical (unpaired) electrons. The lowest BCUT2D eigenvalue weighted by atomic mass is 10.1. The summed E-state index contributed by atoms with van der Waals surface area (Å²) in [5, 5.41) is 3.41. The molecule has 2 aromatic rings. The molecular formula is C20H25N3O4S. The zero-order valence-electron chi connectivity index (χ0n) is 16.8. The van der Waals surface area contributed by atoms with Gasteiger partial charge in [-0.25, -0.2) is 9.97 Å². The molecule has 0 bridgehead atoms. The lowest BCUT2D eigenvalue weighted by molar-refractivity contribution is -0.147. The Morgan fingerprint density at radius 1 is 1.14 bits per heavy atom. The number of carbonyl (C=O) groups is 2. The van der Waals surface area contributed by atoms with E-state index in [9.17, 15) is 9.59 Å². The van der Waals surface area contributed by atoms with Crippen molar-refractivity contribution in [3.63, 3.8) is 0 Å². The highest BCUT2D eigenvalue weighted by atomic mass is 32.2. The third-order valence-electron chi connectivity index (χ3n) is 4.16. The number of rotatable bonds is 8. The highest BCUT2D eigenvalue weighted by Gasteiger charge is 2.13. The van der Waals surface area contributed by atoms with Crippen LogP contribution >= 0.6 is 11.8 Å². The molecule has 0 fully saturated rings. The summed E-state index contributed by atoms with van der Waals surface area (Å²) >= 11 is 1.48. The smallest absolute Gasteiger partial charge is 0.306 e. The van der Waals surface area contributed by atoms with Crippen LogP contribution in [-0.4, -0.2) is 41.8 Å². The molecule has 2 rings (SSSR count).